The fourth-order valence-electron chi connectivity index (χ4n) is 1.64. The summed E-state index contributed by atoms with van der Waals surface area (Å²) in [7, 11) is 1.75. The monoisotopic (exact) mass is 241 g/mol. The summed E-state index contributed by atoms with van der Waals surface area (Å²) < 4.78 is 12.9. The minimum absolute atomic E-state index is 0.239. The predicted octanol–water partition coefficient (Wildman–Crippen LogP) is 1.09. The van der Waals surface area contributed by atoms with Gasteiger partial charge in [0.15, 0.2) is 0 Å². The van der Waals surface area contributed by atoms with Gasteiger partial charge in [-0.25, -0.2) is 4.39 Å². The summed E-state index contributed by atoms with van der Waals surface area (Å²) >= 11 is 0. The van der Waals surface area contributed by atoms with E-state index in [9.17, 15) is 14.3 Å². The van der Waals surface area contributed by atoms with Crippen LogP contribution in [0.25, 0.3) is 0 Å². The first-order valence-electron chi connectivity index (χ1n) is 5.30. The average molecular weight is 241 g/mol. The second-order valence-electron chi connectivity index (χ2n) is 4.08. The lowest BCUT2D eigenvalue weighted by Crippen LogP contribution is -2.30. The molecule has 0 bridgehead atoms. The first kappa shape index (κ1) is 13.6. The number of hydrogen-bond acceptors (Lipinski definition) is 3. The zero-order chi connectivity index (χ0) is 12.8. The first-order valence-corrected chi connectivity index (χ1v) is 5.30. The lowest BCUT2D eigenvalue weighted by atomic mass is 10.2. The molecule has 0 saturated heterocycles. The van der Waals surface area contributed by atoms with Gasteiger partial charge in [-0.2, -0.15) is 0 Å². The van der Waals surface area contributed by atoms with Crippen LogP contribution in [0.3, 0.4) is 0 Å². The Morgan fingerprint density at radius 3 is 2.82 bits per heavy atom. The molecule has 1 unspecified atom stereocenters. The van der Waals surface area contributed by atoms with Crippen molar-refractivity contribution in [3.8, 4) is 0 Å². The SMILES string of the molecule is CN(Cc1cccc(F)c1)CC(O)CC(=O)O. The Labute approximate surface area is 99.3 Å². The van der Waals surface area contributed by atoms with Crippen LogP contribution in [0.5, 0.6) is 0 Å². The van der Waals surface area contributed by atoms with Gasteiger partial charge in [0.1, 0.15) is 5.82 Å². The molecule has 2 N–H and O–H groups in total. The van der Waals surface area contributed by atoms with Crippen molar-refractivity contribution in [3.05, 3.63) is 35.6 Å². The van der Waals surface area contributed by atoms with E-state index in [1.807, 2.05) is 0 Å². The Bertz CT molecular complexity index is 384. The van der Waals surface area contributed by atoms with Gasteiger partial charge in [0, 0.05) is 13.1 Å². The van der Waals surface area contributed by atoms with Crippen molar-refractivity contribution in [1.29, 1.82) is 0 Å². The van der Waals surface area contributed by atoms with Gasteiger partial charge >= 0.3 is 5.97 Å². The fourth-order valence-corrected chi connectivity index (χ4v) is 1.64. The molecule has 0 aromatic heterocycles. The van der Waals surface area contributed by atoms with Gasteiger partial charge in [0.2, 0.25) is 0 Å². The molecular weight excluding hydrogens is 225 g/mol. The standard InChI is InChI=1S/C12H16FNO3/c1-14(8-11(15)6-12(16)17)7-9-3-2-4-10(13)5-9/h2-5,11,15H,6-8H2,1H3,(H,16,17). The molecule has 0 heterocycles. The third kappa shape index (κ3) is 5.42. The van der Waals surface area contributed by atoms with E-state index in [1.54, 1.807) is 24.1 Å². The Kier molecular flexibility index (Phi) is 5.06. The summed E-state index contributed by atoms with van der Waals surface area (Å²) in [5.74, 6) is -1.33. The van der Waals surface area contributed by atoms with E-state index in [1.165, 1.54) is 12.1 Å². The van der Waals surface area contributed by atoms with Crippen molar-refractivity contribution < 1.29 is 19.4 Å². The molecule has 0 fully saturated rings. The smallest absolute Gasteiger partial charge is 0.306 e. The largest absolute Gasteiger partial charge is 0.481 e. The van der Waals surface area contributed by atoms with Crippen LogP contribution in [-0.4, -0.2) is 40.8 Å². The summed E-state index contributed by atoms with van der Waals surface area (Å²) in [4.78, 5) is 12.1. The normalized spacial score (nSPS) is 12.7. The highest BCUT2D eigenvalue weighted by molar-refractivity contribution is 5.67. The number of likely N-dealkylation sites (N-methyl/N-ethyl adjacent to an activating group) is 1. The molecule has 0 aliphatic heterocycles. The third-order valence-electron chi connectivity index (χ3n) is 2.27. The predicted molar refractivity (Wildman–Crippen MR) is 61.0 cm³/mol. The van der Waals surface area contributed by atoms with Crippen molar-refractivity contribution in [1.82, 2.24) is 4.90 Å². The van der Waals surface area contributed by atoms with Crippen LogP contribution in [-0.2, 0) is 11.3 Å². The number of rotatable bonds is 6. The van der Waals surface area contributed by atoms with Crippen LogP contribution >= 0.6 is 0 Å². The maximum atomic E-state index is 12.9. The van der Waals surface area contributed by atoms with Gasteiger partial charge in [0.25, 0.3) is 0 Å². The van der Waals surface area contributed by atoms with Gasteiger partial charge in [-0.05, 0) is 24.7 Å². The molecule has 1 atom stereocenters. The minimum atomic E-state index is -1.03. The Hall–Kier alpha value is -1.46. The van der Waals surface area contributed by atoms with Gasteiger partial charge in [-0.1, -0.05) is 12.1 Å². The van der Waals surface area contributed by atoms with Crippen LogP contribution in [0, 0.1) is 5.82 Å². The number of aliphatic hydroxyl groups is 1. The number of hydrogen-bond donors (Lipinski definition) is 2. The van der Waals surface area contributed by atoms with Gasteiger partial charge in [-0.3, -0.25) is 9.69 Å². The number of carboxylic acids is 1. The molecule has 0 amide bonds. The van der Waals surface area contributed by atoms with Crippen LogP contribution in [0.4, 0.5) is 4.39 Å². The molecule has 0 saturated carbocycles. The molecule has 94 valence electrons. The molecule has 1 aromatic carbocycles. The number of benzene rings is 1. The van der Waals surface area contributed by atoms with E-state index in [0.717, 1.165) is 5.56 Å². The maximum absolute atomic E-state index is 12.9. The topological polar surface area (TPSA) is 60.8 Å². The molecule has 17 heavy (non-hydrogen) atoms. The average Bonchev–Trinajstić information content (AvgIpc) is 2.14. The second-order valence-corrected chi connectivity index (χ2v) is 4.08. The Morgan fingerprint density at radius 1 is 1.53 bits per heavy atom. The molecule has 4 nitrogen and oxygen atoms in total. The lowest BCUT2D eigenvalue weighted by Gasteiger charge is -2.19. The van der Waals surface area contributed by atoms with Gasteiger partial charge in [-0.15, -0.1) is 0 Å². The Balaban J connectivity index is 2.44. The van der Waals surface area contributed by atoms with Crippen LogP contribution in [0.15, 0.2) is 24.3 Å². The molecule has 0 spiro atoms. The number of nitrogens with zero attached hydrogens (tertiary/aromatic N) is 1. The van der Waals surface area contributed by atoms with Gasteiger partial charge in [0.05, 0.1) is 12.5 Å². The fraction of sp³-hybridized carbons (Fsp3) is 0.417. The molecule has 0 aliphatic rings. The number of halogens is 1. The van der Waals surface area contributed by atoms with Crippen molar-refractivity contribution >= 4 is 5.97 Å². The van der Waals surface area contributed by atoms with Gasteiger partial charge < -0.3 is 10.2 Å². The highest BCUT2D eigenvalue weighted by atomic mass is 19.1. The minimum Gasteiger partial charge on any atom is -0.481 e. The highest BCUT2D eigenvalue weighted by Crippen LogP contribution is 2.07. The highest BCUT2D eigenvalue weighted by Gasteiger charge is 2.12. The van der Waals surface area contributed by atoms with E-state index in [2.05, 4.69) is 0 Å². The van der Waals surface area contributed by atoms with Crippen LogP contribution < -0.4 is 0 Å². The van der Waals surface area contributed by atoms with E-state index >= 15 is 0 Å². The summed E-state index contributed by atoms with van der Waals surface area (Å²) in [5.41, 5.74) is 0.787. The summed E-state index contributed by atoms with van der Waals surface area (Å²) in [6, 6.07) is 6.18. The van der Waals surface area contributed by atoms with Crippen molar-refractivity contribution in [2.45, 2.75) is 19.1 Å². The third-order valence-corrected chi connectivity index (χ3v) is 2.27. The van der Waals surface area contributed by atoms with Crippen molar-refractivity contribution in [3.63, 3.8) is 0 Å². The summed E-state index contributed by atoms with van der Waals surface area (Å²) in [5, 5.41) is 17.9. The molecule has 5 heteroatoms. The lowest BCUT2D eigenvalue weighted by molar-refractivity contribution is -0.139. The number of carboxylic acid groups (broad SMARTS) is 1. The zero-order valence-corrected chi connectivity index (χ0v) is 9.64. The molecule has 1 aromatic rings. The zero-order valence-electron chi connectivity index (χ0n) is 9.64. The number of aliphatic carboxylic acids is 1. The second kappa shape index (κ2) is 6.32. The number of aliphatic hydroxyl groups excluding tert-OH is 1. The summed E-state index contributed by atoms with van der Waals surface area (Å²) in [6.07, 6.45) is -1.20. The maximum Gasteiger partial charge on any atom is 0.306 e. The van der Waals surface area contributed by atoms with E-state index in [4.69, 9.17) is 5.11 Å². The summed E-state index contributed by atoms with van der Waals surface area (Å²) in [6.45, 7) is 0.706. The van der Waals surface area contributed by atoms with Crippen LogP contribution in [0.1, 0.15) is 12.0 Å². The molecular formula is C12H16FNO3. The van der Waals surface area contributed by atoms with E-state index < -0.39 is 12.1 Å². The number of carbonyl (C=O) groups is 1. The molecule has 0 aliphatic carbocycles. The van der Waals surface area contributed by atoms with E-state index in [-0.39, 0.29) is 18.8 Å². The molecule has 1 rings (SSSR count). The quantitative estimate of drug-likeness (QED) is 0.782. The van der Waals surface area contributed by atoms with Crippen LogP contribution in [0.2, 0.25) is 0 Å². The first-order chi connectivity index (χ1) is 7.97. The molecule has 0 radical (unpaired) electrons. The van der Waals surface area contributed by atoms with E-state index in [0.29, 0.717) is 6.54 Å². The van der Waals surface area contributed by atoms with Crippen molar-refractivity contribution in [2.24, 2.45) is 0 Å². The Morgan fingerprint density at radius 2 is 2.24 bits per heavy atom. The van der Waals surface area contributed by atoms with Crippen molar-refractivity contribution in [2.75, 3.05) is 13.6 Å².